The van der Waals surface area contributed by atoms with Crippen molar-refractivity contribution >= 4 is 11.3 Å². The Balaban J connectivity index is 1.90. The minimum Gasteiger partial charge on any atom is -0.326 e. The van der Waals surface area contributed by atoms with Gasteiger partial charge in [0, 0.05) is 23.0 Å². The Hall–Kier alpha value is -0.380. The van der Waals surface area contributed by atoms with Gasteiger partial charge in [-0.25, -0.2) is 0 Å². The predicted octanol–water partition coefficient (Wildman–Crippen LogP) is 2.67. The van der Waals surface area contributed by atoms with Crippen LogP contribution in [0.3, 0.4) is 0 Å². The maximum atomic E-state index is 6.12. The zero-order valence-corrected chi connectivity index (χ0v) is 10.1. The molecule has 0 amide bonds. The summed E-state index contributed by atoms with van der Waals surface area (Å²) in [5, 5.41) is 5.79. The van der Waals surface area contributed by atoms with E-state index in [1.807, 2.05) is 11.3 Å². The molecule has 1 heterocycles. The molecular formula is C12H20N2S. The molecule has 0 aliphatic heterocycles. The van der Waals surface area contributed by atoms with Crippen molar-refractivity contribution in [1.82, 2.24) is 5.32 Å². The van der Waals surface area contributed by atoms with Crippen molar-refractivity contribution in [3.8, 4) is 0 Å². The van der Waals surface area contributed by atoms with Crippen molar-refractivity contribution in [3.63, 3.8) is 0 Å². The maximum absolute atomic E-state index is 6.12. The smallest absolute Gasteiger partial charge is 0.0388 e. The van der Waals surface area contributed by atoms with Crippen molar-refractivity contribution in [3.05, 3.63) is 22.4 Å². The third-order valence-corrected chi connectivity index (χ3v) is 4.31. The van der Waals surface area contributed by atoms with Crippen molar-refractivity contribution in [2.45, 2.75) is 50.7 Å². The second-order valence-corrected chi connectivity index (χ2v) is 5.44. The molecule has 0 bridgehead atoms. The van der Waals surface area contributed by atoms with Crippen molar-refractivity contribution in [2.24, 2.45) is 5.73 Å². The molecular weight excluding hydrogens is 204 g/mol. The van der Waals surface area contributed by atoms with Gasteiger partial charge in [0.05, 0.1) is 0 Å². The molecule has 3 heteroatoms. The second kappa shape index (κ2) is 5.10. The van der Waals surface area contributed by atoms with Gasteiger partial charge < -0.3 is 11.1 Å². The van der Waals surface area contributed by atoms with Gasteiger partial charge >= 0.3 is 0 Å². The number of rotatable bonds is 3. The molecule has 1 saturated carbocycles. The molecule has 0 aromatic carbocycles. The third-order valence-electron chi connectivity index (χ3n) is 3.25. The average molecular weight is 224 g/mol. The van der Waals surface area contributed by atoms with Crippen LogP contribution in [0.4, 0.5) is 0 Å². The van der Waals surface area contributed by atoms with Crippen LogP contribution < -0.4 is 11.1 Å². The number of hydrogen-bond acceptors (Lipinski definition) is 3. The standard InChI is InChI=1S/C12H20N2S/c1-9(12-7-4-8-15-12)14-11-6-3-2-5-10(11)13/h4,7-11,14H,2-3,5-6,13H2,1H3/t9-,10+,11-/m1/s1. The number of nitrogens with two attached hydrogens (primary N) is 1. The van der Waals surface area contributed by atoms with Gasteiger partial charge in [-0.2, -0.15) is 0 Å². The van der Waals surface area contributed by atoms with Crippen LogP contribution in [0.1, 0.15) is 43.5 Å². The van der Waals surface area contributed by atoms with Gasteiger partial charge in [0.25, 0.3) is 0 Å². The van der Waals surface area contributed by atoms with Crippen LogP contribution in [0.5, 0.6) is 0 Å². The maximum Gasteiger partial charge on any atom is 0.0388 e. The fourth-order valence-corrected chi connectivity index (χ4v) is 3.05. The zero-order valence-electron chi connectivity index (χ0n) is 9.28. The highest BCUT2D eigenvalue weighted by molar-refractivity contribution is 7.10. The Kier molecular flexibility index (Phi) is 3.78. The summed E-state index contributed by atoms with van der Waals surface area (Å²) in [6.45, 7) is 2.23. The highest BCUT2D eigenvalue weighted by Crippen LogP contribution is 2.23. The molecule has 0 unspecified atom stereocenters. The van der Waals surface area contributed by atoms with Crippen LogP contribution in [0.25, 0.3) is 0 Å². The van der Waals surface area contributed by atoms with Crippen LogP contribution >= 0.6 is 11.3 Å². The van der Waals surface area contributed by atoms with E-state index in [9.17, 15) is 0 Å². The van der Waals surface area contributed by atoms with E-state index in [1.165, 1.54) is 30.6 Å². The van der Waals surface area contributed by atoms with Crippen molar-refractivity contribution in [2.75, 3.05) is 0 Å². The summed E-state index contributed by atoms with van der Waals surface area (Å²) < 4.78 is 0. The van der Waals surface area contributed by atoms with E-state index in [-0.39, 0.29) is 0 Å². The first kappa shape index (κ1) is 11.1. The Morgan fingerprint density at radius 2 is 2.27 bits per heavy atom. The molecule has 2 nitrogen and oxygen atoms in total. The molecule has 3 atom stereocenters. The number of thiophene rings is 1. The Bertz CT molecular complexity index is 284. The first-order chi connectivity index (χ1) is 7.27. The van der Waals surface area contributed by atoms with E-state index < -0.39 is 0 Å². The fourth-order valence-electron chi connectivity index (χ4n) is 2.31. The van der Waals surface area contributed by atoms with Crippen LogP contribution in [0, 0.1) is 0 Å². The Morgan fingerprint density at radius 3 is 2.93 bits per heavy atom. The Morgan fingerprint density at radius 1 is 1.47 bits per heavy atom. The lowest BCUT2D eigenvalue weighted by atomic mass is 9.90. The minimum absolute atomic E-state index is 0.348. The number of hydrogen-bond donors (Lipinski definition) is 2. The molecule has 84 valence electrons. The fraction of sp³-hybridized carbons (Fsp3) is 0.667. The van der Waals surface area contributed by atoms with Gasteiger partial charge in [-0.1, -0.05) is 18.9 Å². The summed E-state index contributed by atoms with van der Waals surface area (Å²) >= 11 is 1.82. The normalized spacial score (nSPS) is 28.9. The molecule has 1 aromatic rings. The topological polar surface area (TPSA) is 38.0 Å². The van der Waals surface area contributed by atoms with Crippen LogP contribution in [-0.2, 0) is 0 Å². The third kappa shape index (κ3) is 2.80. The van der Waals surface area contributed by atoms with Crippen molar-refractivity contribution < 1.29 is 0 Å². The first-order valence-electron chi connectivity index (χ1n) is 5.82. The lowest BCUT2D eigenvalue weighted by Crippen LogP contribution is -2.47. The van der Waals surface area contributed by atoms with Gasteiger partial charge in [-0.05, 0) is 31.2 Å². The SMILES string of the molecule is C[C@@H](N[C@@H]1CCCC[C@@H]1N)c1cccs1. The summed E-state index contributed by atoms with van der Waals surface area (Å²) in [7, 11) is 0. The number of nitrogens with one attached hydrogen (secondary N) is 1. The molecule has 0 radical (unpaired) electrons. The molecule has 0 saturated heterocycles. The molecule has 2 rings (SSSR count). The lowest BCUT2D eigenvalue weighted by Gasteiger charge is -2.31. The summed E-state index contributed by atoms with van der Waals surface area (Å²) in [4.78, 5) is 1.41. The first-order valence-corrected chi connectivity index (χ1v) is 6.70. The van der Waals surface area contributed by atoms with E-state index in [1.54, 1.807) is 0 Å². The van der Waals surface area contributed by atoms with Gasteiger partial charge in [0.15, 0.2) is 0 Å². The van der Waals surface area contributed by atoms with Gasteiger partial charge in [0.2, 0.25) is 0 Å². The summed E-state index contributed by atoms with van der Waals surface area (Å²) in [5.41, 5.74) is 6.12. The highest BCUT2D eigenvalue weighted by atomic mass is 32.1. The van der Waals surface area contributed by atoms with E-state index >= 15 is 0 Å². The minimum atomic E-state index is 0.348. The Labute approximate surface area is 95.9 Å². The second-order valence-electron chi connectivity index (χ2n) is 4.46. The molecule has 3 N–H and O–H groups in total. The summed E-state index contributed by atoms with van der Waals surface area (Å²) in [5.74, 6) is 0. The predicted molar refractivity (Wildman–Crippen MR) is 66.1 cm³/mol. The van der Waals surface area contributed by atoms with E-state index in [4.69, 9.17) is 5.73 Å². The quantitative estimate of drug-likeness (QED) is 0.828. The summed E-state index contributed by atoms with van der Waals surface area (Å²) in [6.07, 6.45) is 5.03. The van der Waals surface area contributed by atoms with E-state index in [0.29, 0.717) is 18.1 Å². The van der Waals surface area contributed by atoms with Crippen molar-refractivity contribution in [1.29, 1.82) is 0 Å². The molecule has 1 aromatic heterocycles. The van der Waals surface area contributed by atoms with E-state index in [2.05, 4.69) is 29.8 Å². The molecule has 0 spiro atoms. The van der Waals surface area contributed by atoms with Gasteiger partial charge in [-0.3, -0.25) is 0 Å². The van der Waals surface area contributed by atoms with Gasteiger partial charge in [-0.15, -0.1) is 11.3 Å². The van der Waals surface area contributed by atoms with Crippen LogP contribution in [0.2, 0.25) is 0 Å². The highest BCUT2D eigenvalue weighted by Gasteiger charge is 2.23. The largest absolute Gasteiger partial charge is 0.326 e. The molecule has 15 heavy (non-hydrogen) atoms. The summed E-state index contributed by atoms with van der Waals surface area (Å²) in [6, 6.07) is 5.60. The van der Waals surface area contributed by atoms with E-state index in [0.717, 1.165) is 0 Å². The molecule has 1 aliphatic rings. The zero-order chi connectivity index (χ0) is 10.7. The van der Waals surface area contributed by atoms with Gasteiger partial charge in [0.1, 0.15) is 0 Å². The molecule has 1 aliphatic carbocycles. The molecule has 1 fully saturated rings. The lowest BCUT2D eigenvalue weighted by molar-refractivity contribution is 0.308. The van der Waals surface area contributed by atoms with Crippen LogP contribution in [-0.4, -0.2) is 12.1 Å². The monoisotopic (exact) mass is 224 g/mol. The van der Waals surface area contributed by atoms with Crippen LogP contribution in [0.15, 0.2) is 17.5 Å². The average Bonchev–Trinajstić information content (AvgIpc) is 2.74.